The van der Waals surface area contributed by atoms with E-state index in [1.165, 1.54) is 11.1 Å². The zero-order valence-electron chi connectivity index (χ0n) is 13.5. The minimum absolute atomic E-state index is 0.145. The Morgan fingerprint density at radius 2 is 2.19 bits per heavy atom. The van der Waals surface area contributed by atoms with Gasteiger partial charge in [0.25, 0.3) is 0 Å². The van der Waals surface area contributed by atoms with Gasteiger partial charge < -0.3 is 9.64 Å². The van der Waals surface area contributed by atoms with Crippen molar-refractivity contribution >= 4 is 5.97 Å². The van der Waals surface area contributed by atoms with Crippen LogP contribution < -0.4 is 5.32 Å². The molecule has 0 spiro atoms. The van der Waals surface area contributed by atoms with Gasteiger partial charge in [-0.2, -0.15) is 0 Å². The van der Waals surface area contributed by atoms with Crippen molar-refractivity contribution in [3.63, 3.8) is 0 Å². The summed E-state index contributed by atoms with van der Waals surface area (Å²) < 4.78 is 5.37. The van der Waals surface area contributed by atoms with Crippen LogP contribution in [0.5, 0.6) is 0 Å². The number of nitrogens with one attached hydrogen (secondary N) is 1. The van der Waals surface area contributed by atoms with Gasteiger partial charge in [0, 0.05) is 13.1 Å². The van der Waals surface area contributed by atoms with Crippen LogP contribution in [0.15, 0.2) is 18.2 Å². The van der Waals surface area contributed by atoms with Crippen molar-refractivity contribution in [1.82, 2.24) is 10.2 Å². The number of carbonyl (C=O) groups excluding carboxylic acids is 1. The first kappa shape index (κ1) is 16.0. The van der Waals surface area contributed by atoms with Crippen LogP contribution in [0.4, 0.5) is 0 Å². The van der Waals surface area contributed by atoms with E-state index in [1.54, 1.807) is 0 Å². The Kier molecular flexibility index (Phi) is 5.01. The number of rotatable bonds is 6. The van der Waals surface area contributed by atoms with Crippen molar-refractivity contribution < 1.29 is 9.53 Å². The summed E-state index contributed by atoms with van der Waals surface area (Å²) in [7, 11) is 4.07. The lowest BCUT2D eigenvalue weighted by atomic mass is 9.90. The maximum Gasteiger partial charge on any atom is 0.331 e. The fourth-order valence-corrected chi connectivity index (χ4v) is 2.98. The molecule has 1 unspecified atom stereocenters. The normalized spacial score (nSPS) is 20.6. The molecular weight excluding hydrogens is 264 g/mol. The highest BCUT2D eigenvalue weighted by Gasteiger charge is 2.46. The van der Waals surface area contributed by atoms with Gasteiger partial charge in [-0.25, -0.2) is 4.79 Å². The van der Waals surface area contributed by atoms with E-state index in [9.17, 15) is 4.79 Å². The fourth-order valence-electron chi connectivity index (χ4n) is 2.98. The summed E-state index contributed by atoms with van der Waals surface area (Å²) in [6.45, 7) is 5.99. The highest BCUT2D eigenvalue weighted by molar-refractivity contribution is 5.84. The zero-order chi connectivity index (χ0) is 15.5. The fraction of sp³-hybridized carbons (Fsp3) is 0.588. The van der Waals surface area contributed by atoms with Crippen LogP contribution in [-0.4, -0.2) is 44.7 Å². The summed E-state index contributed by atoms with van der Waals surface area (Å²) >= 11 is 0. The Hall–Kier alpha value is -1.39. The van der Waals surface area contributed by atoms with Gasteiger partial charge in [0.15, 0.2) is 0 Å². The average Bonchev–Trinajstić information content (AvgIpc) is 2.78. The molecule has 4 heteroatoms. The third-order valence-electron chi connectivity index (χ3n) is 4.10. The zero-order valence-corrected chi connectivity index (χ0v) is 13.5. The van der Waals surface area contributed by atoms with Gasteiger partial charge in [0.2, 0.25) is 0 Å². The Balaban J connectivity index is 2.30. The lowest BCUT2D eigenvalue weighted by Gasteiger charge is -2.30. The lowest BCUT2D eigenvalue weighted by molar-refractivity contribution is -0.151. The summed E-state index contributed by atoms with van der Waals surface area (Å²) in [6.07, 6.45) is 1.70. The van der Waals surface area contributed by atoms with Gasteiger partial charge in [0.1, 0.15) is 5.54 Å². The molecule has 0 heterocycles. The highest BCUT2D eigenvalue weighted by Crippen LogP contribution is 2.38. The van der Waals surface area contributed by atoms with Gasteiger partial charge in [-0.3, -0.25) is 5.32 Å². The second-order valence-electron chi connectivity index (χ2n) is 6.02. The van der Waals surface area contributed by atoms with Crippen molar-refractivity contribution in [3.05, 3.63) is 34.9 Å². The molecule has 0 aliphatic heterocycles. The molecule has 116 valence electrons. The van der Waals surface area contributed by atoms with Crippen molar-refractivity contribution in [2.24, 2.45) is 0 Å². The number of hydrogen-bond donors (Lipinski definition) is 1. The standard InChI is InChI=1S/C17H26N2O2/c1-5-21-16(20)17(18-10-11-19(3)4)9-8-14-7-6-13(2)12-15(14)17/h6-7,12,18H,5,8-11H2,1-4H3. The summed E-state index contributed by atoms with van der Waals surface area (Å²) in [5, 5.41) is 3.48. The number of carbonyl (C=O) groups is 1. The number of aryl methyl sites for hydroxylation is 2. The molecule has 0 radical (unpaired) electrons. The largest absolute Gasteiger partial charge is 0.464 e. The number of likely N-dealkylation sites (N-methyl/N-ethyl adjacent to an activating group) is 1. The van der Waals surface area contributed by atoms with Crippen LogP contribution in [-0.2, 0) is 21.5 Å². The summed E-state index contributed by atoms with van der Waals surface area (Å²) in [5.74, 6) is -0.145. The molecule has 0 saturated carbocycles. The molecule has 1 aromatic rings. The molecule has 21 heavy (non-hydrogen) atoms. The molecule has 0 bridgehead atoms. The third-order valence-corrected chi connectivity index (χ3v) is 4.10. The van der Waals surface area contributed by atoms with Crippen LogP contribution in [0.2, 0.25) is 0 Å². The predicted octanol–water partition coefficient (Wildman–Crippen LogP) is 1.85. The van der Waals surface area contributed by atoms with Gasteiger partial charge in [-0.15, -0.1) is 0 Å². The first-order chi connectivity index (χ1) is 9.99. The van der Waals surface area contributed by atoms with Crippen molar-refractivity contribution in [3.8, 4) is 0 Å². The molecule has 0 saturated heterocycles. The number of esters is 1. The van der Waals surface area contributed by atoms with Crippen molar-refractivity contribution in [1.29, 1.82) is 0 Å². The molecule has 1 aromatic carbocycles. The van der Waals surface area contributed by atoms with Crippen molar-refractivity contribution in [2.45, 2.75) is 32.2 Å². The molecule has 0 fully saturated rings. The smallest absolute Gasteiger partial charge is 0.331 e. The lowest BCUT2D eigenvalue weighted by Crippen LogP contribution is -2.50. The van der Waals surface area contributed by atoms with Crippen LogP contribution in [0.3, 0.4) is 0 Å². The summed E-state index contributed by atoms with van der Waals surface area (Å²) in [5.41, 5.74) is 2.86. The third kappa shape index (κ3) is 3.27. The van der Waals surface area contributed by atoms with Gasteiger partial charge in [0.05, 0.1) is 6.61 Å². The maximum absolute atomic E-state index is 12.6. The first-order valence-electron chi connectivity index (χ1n) is 7.66. The summed E-state index contributed by atoms with van der Waals surface area (Å²) in [4.78, 5) is 14.7. The number of hydrogen-bond acceptors (Lipinski definition) is 4. The Morgan fingerprint density at radius 3 is 2.86 bits per heavy atom. The summed E-state index contributed by atoms with van der Waals surface area (Å²) in [6, 6.07) is 6.38. The molecule has 4 nitrogen and oxygen atoms in total. The van der Waals surface area contributed by atoms with Crippen LogP contribution in [0, 0.1) is 6.92 Å². The van der Waals surface area contributed by atoms with Crippen LogP contribution in [0.25, 0.3) is 0 Å². The van der Waals surface area contributed by atoms with E-state index >= 15 is 0 Å². The number of benzene rings is 1. The van der Waals surface area contributed by atoms with E-state index in [0.717, 1.165) is 31.5 Å². The molecule has 1 aliphatic rings. The van der Waals surface area contributed by atoms with Crippen LogP contribution >= 0.6 is 0 Å². The highest BCUT2D eigenvalue weighted by atomic mass is 16.5. The van der Waals surface area contributed by atoms with Crippen LogP contribution in [0.1, 0.15) is 30.0 Å². The second-order valence-corrected chi connectivity index (χ2v) is 6.02. The average molecular weight is 290 g/mol. The molecule has 0 amide bonds. The van der Waals surface area contributed by atoms with E-state index in [-0.39, 0.29) is 5.97 Å². The minimum atomic E-state index is -0.673. The van der Waals surface area contributed by atoms with E-state index in [2.05, 4.69) is 35.3 Å². The molecule has 2 rings (SSSR count). The number of fused-ring (bicyclic) bond motifs is 1. The topological polar surface area (TPSA) is 41.6 Å². The van der Waals surface area contributed by atoms with E-state index in [4.69, 9.17) is 4.74 Å². The first-order valence-corrected chi connectivity index (χ1v) is 7.66. The Labute approximate surface area is 127 Å². The second kappa shape index (κ2) is 6.58. The Morgan fingerprint density at radius 1 is 1.43 bits per heavy atom. The SMILES string of the molecule is CCOC(=O)C1(NCCN(C)C)CCc2ccc(C)cc21. The van der Waals surface area contributed by atoms with E-state index < -0.39 is 5.54 Å². The number of nitrogens with zero attached hydrogens (tertiary/aromatic N) is 1. The molecule has 0 aromatic heterocycles. The number of ether oxygens (including phenoxy) is 1. The van der Waals surface area contributed by atoms with Gasteiger partial charge in [-0.05, 0) is 51.9 Å². The van der Waals surface area contributed by atoms with Crippen molar-refractivity contribution in [2.75, 3.05) is 33.8 Å². The molecule has 1 atom stereocenters. The molecule has 1 N–H and O–H groups in total. The monoisotopic (exact) mass is 290 g/mol. The van der Waals surface area contributed by atoms with Gasteiger partial charge >= 0.3 is 5.97 Å². The maximum atomic E-state index is 12.6. The molecular formula is C17H26N2O2. The predicted molar refractivity (Wildman–Crippen MR) is 84.4 cm³/mol. The minimum Gasteiger partial charge on any atom is -0.464 e. The Bertz CT molecular complexity index is 514. The molecule has 1 aliphatic carbocycles. The van der Waals surface area contributed by atoms with E-state index in [0.29, 0.717) is 6.61 Å². The van der Waals surface area contributed by atoms with E-state index in [1.807, 2.05) is 21.0 Å². The van der Waals surface area contributed by atoms with Gasteiger partial charge in [-0.1, -0.05) is 23.8 Å². The quantitative estimate of drug-likeness (QED) is 0.812.